The average molecular weight is 217 g/mol. The highest BCUT2D eigenvalue weighted by Crippen LogP contribution is 2.20. The predicted molar refractivity (Wildman–Crippen MR) is 54.9 cm³/mol. The van der Waals surface area contributed by atoms with Gasteiger partial charge in [0.05, 0.1) is 24.5 Å². The molecular formula is C11H9N2O3-. The molecule has 0 saturated carbocycles. The molecule has 0 aliphatic rings. The van der Waals surface area contributed by atoms with Crippen molar-refractivity contribution in [2.24, 2.45) is 0 Å². The number of carbonyl (C=O) groups excluding carboxylic acids is 1. The molecule has 0 spiro atoms. The molecule has 5 heteroatoms. The molecule has 1 aromatic carbocycles. The zero-order valence-electron chi connectivity index (χ0n) is 8.56. The topological polar surface area (TPSA) is 78.0 Å². The van der Waals surface area contributed by atoms with E-state index in [2.05, 4.69) is 10.2 Å². The lowest BCUT2D eigenvalue weighted by atomic mass is 10.1. The second-order valence-electron chi connectivity index (χ2n) is 3.18. The molecule has 0 fully saturated rings. The standard InChI is InChI=1S/C11H10N2O3/c1-16-8-4-2-7(3-5-8)9-6-10(11(14)15)13-12-9/h2-6H,1H3,(H,12,13)(H,14,15)/p-1. The highest BCUT2D eigenvalue weighted by atomic mass is 16.5. The summed E-state index contributed by atoms with van der Waals surface area (Å²) < 4.78 is 5.02. The van der Waals surface area contributed by atoms with Crippen molar-refractivity contribution in [3.63, 3.8) is 0 Å². The van der Waals surface area contributed by atoms with Crippen LogP contribution in [0.4, 0.5) is 0 Å². The summed E-state index contributed by atoms with van der Waals surface area (Å²) in [7, 11) is 1.58. The van der Waals surface area contributed by atoms with E-state index < -0.39 is 5.97 Å². The molecule has 0 radical (unpaired) electrons. The molecule has 0 aliphatic carbocycles. The van der Waals surface area contributed by atoms with Crippen molar-refractivity contribution < 1.29 is 14.6 Å². The molecular weight excluding hydrogens is 208 g/mol. The van der Waals surface area contributed by atoms with Gasteiger partial charge in [0.15, 0.2) is 0 Å². The Bertz CT molecular complexity index is 502. The number of methoxy groups -OCH3 is 1. The van der Waals surface area contributed by atoms with Crippen molar-refractivity contribution in [2.75, 3.05) is 7.11 Å². The summed E-state index contributed by atoms with van der Waals surface area (Å²) in [5.74, 6) is -0.535. The minimum atomic E-state index is -1.27. The lowest BCUT2D eigenvalue weighted by molar-refractivity contribution is -0.255. The third-order valence-corrected chi connectivity index (χ3v) is 2.18. The van der Waals surface area contributed by atoms with Crippen LogP contribution in [0.1, 0.15) is 10.5 Å². The maximum absolute atomic E-state index is 10.5. The Morgan fingerprint density at radius 1 is 1.38 bits per heavy atom. The number of carboxylic acids is 1. The van der Waals surface area contributed by atoms with Crippen LogP contribution in [-0.4, -0.2) is 23.3 Å². The smallest absolute Gasteiger partial charge is 0.118 e. The molecule has 0 unspecified atom stereocenters. The van der Waals surface area contributed by atoms with E-state index in [-0.39, 0.29) is 5.69 Å². The van der Waals surface area contributed by atoms with Crippen molar-refractivity contribution in [2.45, 2.75) is 0 Å². The number of ether oxygens (including phenoxy) is 1. The number of aromatic carboxylic acids is 1. The number of aromatic amines is 1. The van der Waals surface area contributed by atoms with E-state index in [0.717, 1.165) is 11.3 Å². The van der Waals surface area contributed by atoms with E-state index in [1.54, 1.807) is 31.4 Å². The minimum Gasteiger partial charge on any atom is -0.543 e. The van der Waals surface area contributed by atoms with Crippen molar-refractivity contribution in [1.82, 2.24) is 10.2 Å². The highest BCUT2D eigenvalue weighted by molar-refractivity contribution is 5.85. The lowest BCUT2D eigenvalue weighted by Crippen LogP contribution is -2.22. The first-order chi connectivity index (χ1) is 7.70. The van der Waals surface area contributed by atoms with Crippen LogP contribution in [0, 0.1) is 0 Å². The number of H-pyrrole nitrogens is 1. The number of carbonyl (C=O) groups is 1. The molecule has 16 heavy (non-hydrogen) atoms. The van der Waals surface area contributed by atoms with Gasteiger partial charge >= 0.3 is 0 Å². The number of hydrogen-bond acceptors (Lipinski definition) is 4. The Labute approximate surface area is 91.7 Å². The van der Waals surface area contributed by atoms with Crippen LogP contribution in [0.5, 0.6) is 5.75 Å². The van der Waals surface area contributed by atoms with Gasteiger partial charge in [-0.15, -0.1) is 0 Å². The van der Waals surface area contributed by atoms with Gasteiger partial charge in [-0.05, 0) is 30.3 Å². The summed E-state index contributed by atoms with van der Waals surface area (Å²) in [5.41, 5.74) is 1.33. The normalized spacial score (nSPS) is 10.1. The highest BCUT2D eigenvalue weighted by Gasteiger charge is 2.04. The van der Waals surface area contributed by atoms with E-state index in [9.17, 15) is 9.90 Å². The number of hydrogen-bond donors (Lipinski definition) is 1. The van der Waals surface area contributed by atoms with Crippen LogP contribution in [0.25, 0.3) is 11.3 Å². The molecule has 1 aromatic heterocycles. The molecule has 0 bridgehead atoms. The van der Waals surface area contributed by atoms with Crippen LogP contribution in [0.2, 0.25) is 0 Å². The molecule has 0 amide bonds. The van der Waals surface area contributed by atoms with Gasteiger partial charge in [0, 0.05) is 5.56 Å². The Morgan fingerprint density at radius 3 is 2.56 bits per heavy atom. The quantitative estimate of drug-likeness (QED) is 0.809. The van der Waals surface area contributed by atoms with E-state index in [0.29, 0.717) is 5.69 Å². The maximum Gasteiger partial charge on any atom is 0.118 e. The lowest BCUT2D eigenvalue weighted by Gasteiger charge is -2.00. The third-order valence-electron chi connectivity index (χ3n) is 2.18. The van der Waals surface area contributed by atoms with Crippen LogP contribution in [-0.2, 0) is 0 Å². The van der Waals surface area contributed by atoms with Crippen LogP contribution >= 0.6 is 0 Å². The number of carboxylic acid groups (broad SMARTS) is 1. The number of nitrogens with zero attached hydrogens (tertiary/aromatic N) is 1. The monoisotopic (exact) mass is 217 g/mol. The first-order valence-electron chi connectivity index (χ1n) is 4.62. The number of aromatic nitrogens is 2. The van der Waals surface area contributed by atoms with E-state index >= 15 is 0 Å². The Morgan fingerprint density at radius 2 is 2.06 bits per heavy atom. The molecule has 0 saturated heterocycles. The summed E-state index contributed by atoms with van der Waals surface area (Å²) in [6, 6.07) is 8.59. The molecule has 2 aromatic rings. The maximum atomic E-state index is 10.5. The van der Waals surface area contributed by atoms with Crippen molar-refractivity contribution in [1.29, 1.82) is 0 Å². The minimum absolute atomic E-state index is 0.0363. The predicted octanol–water partition coefficient (Wildman–Crippen LogP) is 0.449. The SMILES string of the molecule is COc1ccc(-c2cc(C(=O)[O-])[nH]n2)cc1. The molecule has 2 rings (SSSR count). The summed E-state index contributed by atoms with van der Waals surface area (Å²) in [6.07, 6.45) is 0. The Kier molecular flexibility index (Phi) is 2.59. The summed E-state index contributed by atoms with van der Waals surface area (Å²) in [4.78, 5) is 10.5. The van der Waals surface area contributed by atoms with Crippen LogP contribution < -0.4 is 9.84 Å². The summed E-state index contributed by atoms with van der Waals surface area (Å²) >= 11 is 0. The average Bonchev–Trinajstić information content (AvgIpc) is 2.78. The fourth-order valence-electron chi connectivity index (χ4n) is 1.34. The number of rotatable bonds is 3. The van der Waals surface area contributed by atoms with Gasteiger partial charge < -0.3 is 14.6 Å². The van der Waals surface area contributed by atoms with Gasteiger partial charge in [-0.25, -0.2) is 0 Å². The molecule has 0 aliphatic heterocycles. The number of nitrogens with one attached hydrogen (secondary N) is 1. The van der Waals surface area contributed by atoms with Crippen LogP contribution in [0.15, 0.2) is 30.3 Å². The van der Waals surface area contributed by atoms with E-state index in [4.69, 9.17) is 4.74 Å². The fourth-order valence-corrected chi connectivity index (χ4v) is 1.34. The zero-order valence-corrected chi connectivity index (χ0v) is 8.56. The molecule has 0 atom stereocenters. The molecule has 5 nitrogen and oxygen atoms in total. The van der Waals surface area contributed by atoms with Gasteiger partial charge in [-0.3, -0.25) is 5.10 Å². The molecule has 1 heterocycles. The fraction of sp³-hybridized carbons (Fsp3) is 0.0909. The van der Waals surface area contributed by atoms with Gasteiger partial charge in [-0.1, -0.05) is 0 Å². The van der Waals surface area contributed by atoms with Crippen molar-refractivity contribution >= 4 is 5.97 Å². The third kappa shape index (κ3) is 1.88. The number of benzene rings is 1. The van der Waals surface area contributed by atoms with E-state index in [1.807, 2.05) is 0 Å². The second kappa shape index (κ2) is 4.06. The van der Waals surface area contributed by atoms with Crippen LogP contribution in [0.3, 0.4) is 0 Å². The second-order valence-corrected chi connectivity index (χ2v) is 3.18. The van der Waals surface area contributed by atoms with Gasteiger partial charge in [-0.2, -0.15) is 5.10 Å². The summed E-state index contributed by atoms with van der Waals surface area (Å²) in [6.45, 7) is 0. The largest absolute Gasteiger partial charge is 0.543 e. The Balaban J connectivity index is 2.31. The van der Waals surface area contributed by atoms with Gasteiger partial charge in [0.2, 0.25) is 0 Å². The van der Waals surface area contributed by atoms with Crippen molar-refractivity contribution in [3.05, 3.63) is 36.0 Å². The Hall–Kier alpha value is -2.30. The zero-order chi connectivity index (χ0) is 11.5. The van der Waals surface area contributed by atoms with E-state index in [1.165, 1.54) is 6.07 Å². The molecule has 82 valence electrons. The summed E-state index contributed by atoms with van der Waals surface area (Å²) in [5, 5.41) is 16.8. The first-order valence-corrected chi connectivity index (χ1v) is 4.62. The molecule has 1 N–H and O–H groups in total. The van der Waals surface area contributed by atoms with Crippen molar-refractivity contribution in [3.8, 4) is 17.0 Å². The first kappa shape index (κ1) is 10.2. The van der Waals surface area contributed by atoms with Gasteiger partial charge in [0.25, 0.3) is 0 Å². The van der Waals surface area contributed by atoms with Gasteiger partial charge in [0.1, 0.15) is 5.75 Å².